The fourth-order valence-corrected chi connectivity index (χ4v) is 3.82. The lowest BCUT2D eigenvalue weighted by molar-refractivity contribution is -0.105. The van der Waals surface area contributed by atoms with Crippen LogP contribution in [-0.4, -0.2) is 86.7 Å². The summed E-state index contributed by atoms with van der Waals surface area (Å²) in [4.78, 5) is 32.4. The standard InChI is InChI=1S/C15H20N5O10P/c1-7-2-8-13(17)18-5-19-20(8)11(7)15(4-16)12(22)10(21)9(30-15)3-27-14(23)28-6-29-31(24,25)26/h2,5,7,9-12,21-22H,3,6H2,1H3,(H2,17,18,19)(H2,24,25,26)/t7?,9-,10-,11?,12-,15+/m1/s1. The molecule has 1 saturated heterocycles. The van der Waals surface area contributed by atoms with Crippen LogP contribution >= 0.6 is 7.82 Å². The van der Waals surface area contributed by atoms with Gasteiger partial charge < -0.3 is 39.9 Å². The van der Waals surface area contributed by atoms with Crippen LogP contribution in [0.1, 0.15) is 6.92 Å². The Labute approximate surface area is 175 Å². The van der Waals surface area contributed by atoms with Gasteiger partial charge in [-0.05, 0) is 0 Å². The lowest BCUT2D eigenvalue weighted by atomic mass is 9.82. The number of hydrazone groups is 1. The number of aliphatic imine (C=N–C) groups is 1. The maximum atomic E-state index is 11.5. The fraction of sp³-hybridized carbons (Fsp3) is 0.600. The van der Waals surface area contributed by atoms with Gasteiger partial charge in [-0.3, -0.25) is 5.01 Å². The number of phosphoric acid groups is 1. The van der Waals surface area contributed by atoms with Gasteiger partial charge in [-0.1, -0.05) is 13.0 Å². The molecule has 0 aromatic carbocycles. The Morgan fingerprint density at radius 2 is 2.16 bits per heavy atom. The summed E-state index contributed by atoms with van der Waals surface area (Å²) < 4.78 is 29.2. The molecule has 2 unspecified atom stereocenters. The van der Waals surface area contributed by atoms with Gasteiger partial charge in [0.1, 0.15) is 43.4 Å². The topological polar surface area (TPSA) is 230 Å². The molecule has 3 aliphatic heterocycles. The second-order valence-corrected chi connectivity index (χ2v) is 8.12. The second kappa shape index (κ2) is 8.52. The summed E-state index contributed by atoms with van der Waals surface area (Å²) in [5.41, 5.74) is 4.31. The molecule has 15 nitrogen and oxygen atoms in total. The SMILES string of the molecule is CC1C=C2C(N)=NC=NN2C1[C@]1(C#N)O[C@H](COC(=O)OCOP(=O)(O)O)[C@@H](O)[C@H]1O. The molecule has 170 valence electrons. The van der Waals surface area contributed by atoms with Gasteiger partial charge in [-0.15, -0.1) is 0 Å². The number of carbonyl (C=O) groups is 1. The predicted molar refractivity (Wildman–Crippen MR) is 98.6 cm³/mol. The van der Waals surface area contributed by atoms with Gasteiger partial charge in [0.15, 0.2) is 5.84 Å². The van der Waals surface area contributed by atoms with E-state index in [1.807, 2.05) is 6.07 Å². The van der Waals surface area contributed by atoms with Crippen LogP contribution in [0.4, 0.5) is 4.79 Å². The Kier molecular flexibility index (Phi) is 6.35. The number of hydrogen-bond acceptors (Lipinski definition) is 13. The van der Waals surface area contributed by atoms with E-state index in [0.29, 0.717) is 5.70 Å². The van der Waals surface area contributed by atoms with Crippen LogP contribution in [0.15, 0.2) is 21.9 Å². The molecule has 0 aromatic heterocycles. The first-order valence-electron chi connectivity index (χ1n) is 8.82. The van der Waals surface area contributed by atoms with Crippen LogP contribution in [0.2, 0.25) is 0 Å². The number of fused-ring (bicyclic) bond motifs is 1. The molecule has 6 atom stereocenters. The lowest BCUT2D eigenvalue weighted by Gasteiger charge is -2.38. The number of aliphatic hydroxyl groups is 2. The molecule has 3 rings (SSSR count). The van der Waals surface area contributed by atoms with Crippen molar-refractivity contribution in [2.75, 3.05) is 13.4 Å². The van der Waals surface area contributed by atoms with E-state index in [0.717, 1.165) is 0 Å². The van der Waals surface area contributed by atoms with Gasteiger partial charge >= 0.3 is 14.0 Å². The summed E-state index contributed by atoms with van der Waals surface area (Å²) in [5.74, 6) is -0.236. The van der Waals surface area contributed by atoms with E-state index in [4.69, 9.17) is 25.0 Å². The molecule has 6 N–H and O–H groups in total. The van der Waals surface area contributed by atoms with E-state index in [1.54, 1.807) is 13.0 Å². The summed E-state index contributed by atoms with van der Waals surface area (Å²) in [6, 6.07) is 1.03. The van der Waals surface area contributed by atoms with E-state index < -0.39 is 63.3 Å². The van der Waals surface area contributed by atoms with Gasteiger partial charge in [0.2, 0.25) is 12.4 Å². The fourth-order valence-electron chi connectivity index (χ4n) is 3.63. The number of hydrogen-bond donors (Lipinski definition) is 5. The maximum absolute atomic E-state index is 11.5. The van der Waals surface area contributed by atoms with Crippen molar-refractivity contribution in [3.8, 4) is 6.07 Å². The molecule has 0 aliphatic carbocycles. The van der Waals surface area contributed by atoms with Crippen LogP contribution < -0.4 is 5.73 Å². The number of carbonyl (C=O) groups excluding carboxylic acids is 1. The highest BCUT2D eigenvalue weighted by Gasteiger charge is 2.63. The number of nitrogens with zero attached hydrogens (tertiary/aromatic N) is 4. The molecular weight excluding hydrogens is 441 g/mol. The smallest absolute Gasteiger partial charge is 0.431 e. The first-order valence-corrected chi connectivity index (χ1v) is 10.3. The minimum absolute atomic E-state index is 0.158. The summed E-state index contributed by atoms with van der Waals surface area (Å²) in [5, 5.41) is 36.4. The van der Waals surface area contributed by atoms with Crippen LogP contribution in [0.25, 0.3) is 0 Å². The van der Waals surface area contributed by atoms with Crippen molar-refractivity contribution in [2.24, 2.45) is 21.7 Å². The number of amidine groups is 1. The monoisotopic (exact) mass is 461 g/mol. The molecule has 0 saturated carbocycles. The van der Waals surface area contributed by atoms with Crippen molar-refractivity contribution in [1.29, 1.82) is 5.26 Å². The molecule has 3 aliphatic rings. The van der Waals surface area contributed by atoms with Gasteiger partial charge in [-0.25, -0.2) is 18.9 Å². The average molecular weight is 461 g/mol. The summed E-state index contributed by atoms with van der Waals surface area (Å²) in [6.07, 6.45) is -3.14. The molecule has 0 radical (unpaired) electrons. The largest absolute Gasteiger partial charge is 0.510 e. The van der Waals surface area contributed by atoms with Crippen LogP contribution in [0.5, 0.6) is 0 Å². The average Bonchev–Trinajstić information content (AvgIpc) is 3.15. The van der Waals surface area contributed by atoms with Crippen molar-refractivity contribution in [1.82, 2.24) is 5.01 Å². The Hall–Kier alpha value is -2.57. The number of phosphoric ester groups is 1. The van der Waals surface area contributed by atoms with Crippen molar-refractivity contribution >= 4 is 26.2 Å². The Morgan fingerprint density at radius 1 is 1.45 bits per heavy atom. The quantitative estimate of drug-likeness (QED) is 0.166. The van der Waals surface area contributed by atoms with E-state index in [2.05, 4.69) is 19.4 Å². The predicted octanol–water partition coefficient (Wildman–Crippen LogP) is -1.89. The van der Waals surface area contributed by atoms with Crippen molar-refractivity contribution in [3.63, 3.8) is 0 Å². The Bertz CT molecular complexity index is 912. The first-order chi connectivity index (χ1) is 14.5. The minimum atomic E-state index is -4.84. The molecular formula is C15H20N5O10P. The zero-order valence-corrected chi connectivity index (χ0v) is 16.9. The van der Waals surface area contributed by atoms with Crippen LogP contribution in [0.3, 0.4) is 0 Å². The molecule has 31 heavy (non-hydrogen) atoms. The molecule has 16 heteroatoms. The zero-order valence-electron chi connectivity index (χ0n) is 16.0. The lowest BCUT2D eigenvalue weighted by Crippen LogP contribution is -2.58. The van der Waals surface area contributed by atoms with E-state index in [1.165, 1.54) is 11.3 Å². The third kappa shape index (κ3) is 4.41. The number of nitriles is 1. The molecule has 3 heterocycles. The maximum Gasteiger partial charge on any atom is 0.510 e. The van der Waals surface area contributed by atoms with Gasteiger partial charge in [0.25, 0.3) is 0 Å². The van der Waals surface area contributed by atoms with Crippen LogP contribution in [-0.2, 0) is 23.3 Å². The molecule has 0 bridgehead atoms. The first kappa shape index (κ1) is 23.1. The summed E-state index contributed by atoms with van der Waals surface area (Å²) in [7, 11) is -4.84. The van der Waals surface area contributed by atoms with E-state index in [9.17, 15) is 24.8 Å². The molecule has 0 aromatic rings. The zero-order chi connectivity index (χ0) is 23.0. The summed E-state index contributed by atoms with van der Waals surface area (Å²) >= 11 is 0. The number of ether oxygens (including phenoxy) is 3. The van der Waals surface area contributed by atoms with E-state index in [-0.39, 0.29) is 5.84 Å². The normalized spacial score (nSPS) is 34.6. The van der Waals surface area contributed by atoms with Crippen molar-refractivity contribution < 1.29 is 48.1 Å². The number of rotatable bonds is 6. The van der Waals surface area contributed by atoms with Gasteiger partial charge in [0, 0.05) is 5.92 Å². The number of nitrogens with two attached hydrogens (primary N) is 1. The Balaban J connectivity index is 1.68. The van der Waals surface area contributed by atoms with Crippen molar-refractivity contribution in [2.45, 2.75) is 36.9 Å². The van der Waals surface area contributed by atoms with Gasteiger partial charge in [0.05, 0.1) is 5.70 Å². The third-order valence-electron chi connectivity index (χ3n) is 4.93. The highest BCUT2D eigenvalue weighted by atomic mass is 31.2. The number of aliphatic hydroxyl groups excluding tert-OH is 2. The van der Waals surface area contributed by atoms with E-state index >= 15 is 0 Å². The highest BCUT2D eigenvalue weighted by Crippen LogP contribution is 2.44. The molecule has 0 spiro atoms. The third-order valence-corrected chi connectivity index (χ3v) is 5.37. The minimum Gasteiger partial charge on any atom is -0.431 e. The van der Waals surface area contributed by atoms with Crippen molar-refractivity contribution in [3.05, 3.63) is 11.8 Å². The second-order valence-electron chi connectivity index (χ2n) is 6.89. The molecule has 1 fully saturated rings. The van der Waals surface area contributed by atoms with Crippen LogP contribution in [0, 0.1) is 17.2 Å². The highest BCUT2D eigenvalue weighted by molar-refractivity contribution is 7.46. The Morgan fingerprint density at radius 3 is 2.81 bits per heavy atom. The summed E-state index contributed by atoms with van der Waals surface area (Å²) in [6.45, 7) is 0.0269. The molecule has 0 amide bonds. The van der Waals surface area contributed by atoms with Gasteiger partial charge in [-0.2, -0.15) is 10.4 Å².